The smallest absolute Gasteiger partial charge is 0.268 e. The lowest BCUT2D eigenvalue weighted by atomic mass is 9.90. The number of hydrazine groups is 1. The fraction of sp³-hybridized carbons (Fsp3) is 0.444. The molecule has 0 aromatic heterocycles. The van der Waals surface area contributed by atoms with Crippen LogP contribution in [0.1, 0.15) is 37.9 Å². The highest BCUT2D eigenvalue weighted by Crippen LogP contribution is 2.40. The van der Waals surface area contributed by atoms with E-state index in [1.54, 1.807) is 24.3 Å². The van der Waals surface area contributed by atoms with Crippen LogP contribution in [0.3, 0.4) is 0 Å². The maximum absolute atomic E-state index is 14.9. The molecule has 1 rings (SSSR count). The van der Waals surface area contributed by atoms with Gasteiger partial charge in [-0.1, -0.05) is 60.6 Å². The summed E-state index contributed by atoms with van der Waals surface area (Å²) in [7, 11) is 1.48. The van der Waals surface area contributed by atoms with E-state index in [9.17, 15) is 8.78 Å². The number of aryl methyl sites for hydroxylation is 1. The van der Waals surface area contributed by atoms with E-state index in [4.69, 9.17) is 5.84 Å². The third-order valence-electron chi connectivity index (χ3n) is 3.88. The van der Waals surface area contributed by atoms with Gasteiger partial charge in [0.2, 0.25) is 0 Å². The van der Waals surface area contributed by atoms with E-state index in [0.717, 1.165) is 16.1 Å². The van der Waals surface area contributed by atoms with Crippen molar-refractivity contribution >= 4 is 0 Å². The van der Waals surface area contributed by atoms with Crippen molar-refractivity contribution in [2.75, 3.05) is 7.05 Å². The van der Waals surface area contributed by atoms with Crippen molar-refractivity contribution in [1.29, 1.82) is 0 Å². The highest BCUT2D eigenvalue weighted by atomic mass is 19.3. The molecule has 122 valence electrons. The van der Waals surface area contributed by atoms with Gasteiger partial charge in [0.05, 0.1) is 0 Å². The average molecular weight is 308 g/mol. The van der Waals surface area contributed by atoms with Crippen molar-refractivity contribution in [3.05, 3.63) is 59.2 Å². The minimum atomic E-state index is -2.98. The van der Waals surface area contributed by atoms with Gasteiger partial charge < -0.3 is 0 Å². The molecule has 1 aromatic carbocycles. The van der Waals surface area contributed by atoms with Crippen molar-refractivity contribution in [1.82, 2.24) is 5.01 Å². The number of allylic oxidation sites excluding steroid dienone is 4. The Balaban J connectivity index is 3.12. The summed E-state index contributed by atoms with van der Waals surface area (Å²) in [5.41, 5.74) is 2.50. The summed E-state index contributed by atoms with van der Waals surface area (Å²) >= 11 is 0. The number of nitrogens with zero attached hydrogens (tertiary/aromatic N) is 1. The molecule has 0 aliphatic carbocycles. The predicted molar refractivity (Wildman–Crippen MR) is 88.6 cm³/mol. The number of rotatable bonds is 6. The van der Waals surface area contributed by atoms with Gasteiger partial charge in [-0.25, -0.2) is 13.8 Å². The normalized spacial score (nSPS) is 16.3. The lowest BCUT2D eigenvalue weighted by Gasteiger charge is -2.34. The van der Waals surface area contributed by atoms with E-state index in [2.05, 4.69) is 0 Å². The van der Waals surface area contributed by atoms with E-state index < -0.39 is 17.9 Å². The van der Waals surface area contributed by atoms with Gasteiger partial charge in [0.15, 0.2) is 0 Å². The maximum Gasteiger partial charge on any atom is 0.274 e. The molecule has 0 spiro atoms. The molecule has 0 bridgehead atoms. The molecule has 0 amide bonds. The van der Waals surface area contributed by atoms with E-state index in [-0.39, 0.29) is 0 Å². The lowest BCUT2D eigenvalue weighted by molar-refractivity contribution is -0.105. The molecule has 0 heterocycles. The summed E-state index contributed by atoms with van der Waals surface area (Å²) in [5.74, 6) is 1.82. The average Bonchev–Trinajstić information content (AvgIpc) is 2.45. The lowest BCUT2D eigenvalue weighted by Crippen LogP contribution is -2.45. The van der Waals surface area contributed by atoms with Crippen LogP contribution >= 0.6 is 0 Å². The zero-order valence-electron chi connectivity index (χ0n) is 14.0. The third-order valence-corrected chi connectivity index (χ3v) is 3.88. The highest BCUT2D eigenvalue weighted by Gasteiger charge is 2.46. The second-order valence-corrected chi connectivity index (χ2v) is 5.83. The van der Waals surface area contributed by atoms with Crippen LogP contribution in [0.5, 0.6) is 0 Å². The number of hydrogen-bond donors (Lipinski definition) is 1. The molecule has 0 radical (unpaired) electrons. The summed E-state index contributed by atoms with van der Waals surface area (Å²) in [6.45, 7) is 7.21. The van der Waals surface area contributed by atoms with Crippen LogP contribution in [0.15, 0.2) is 48.1 Å². The Kier molecular flexibility index (Phi) is 6.45. The first-order valence-corrected chi connectivity index (χ1v) is 7.43. The summed E-state index contributed by atoms with van der Waals surface area (Å²) in [6.07, 6.45) is 5.15. The zero-order chi connectivity index (χ0) is 16.9. The first-order chi connectivity index (χ1) is 10.2. The van der Waals surface area contributed by atoms with Gasteiger partial charge in [-0.15, -0.1) is 0 Å². The molecule has 2 nitrogen and oxygen atoms in total. The van der Waals surface area contributed by atoms with Crippen molar-refractivity contribution in [3.63, 3.8) is 0 Å². The van der Waals surface area contributed by atoms with Crippen molar-refractivity contribution in [3.8, 4) is 0 Å². The second kappa shape index (κ2) is 7.65. The molecule has 22 heavy (non-hydrogen) atoms. The van der Waals surface area contributed by atoms with Crippen molar-refractivity contribution in [2.24, 2.45) is 11.8 Å². The second-order valence-electron chi connectivity index (χ2n) is 5.83. The summed E-state index contributed by atoms with van der Waals surface area (Å²) < 4.78 is 29.8. The minimum Gasteiger partial charge on any atom is -0.268 e. The Morgan fingerprint density at radius 3 is 2.27 bits per heavy atom. The first-order valence-electron chi connectivity index (χ1n) is 7.43. The van der Waals surface area contributed by atoms with Gasteiger partial charge in [-0.2, -0.15) is 0 Å². The topological polar surface area (TPSA) is 29.3 Å². The number of nitrogens with two attached hydrogens (primary N) is 1. The van der Waals surface area contributed by atoms with Gasteiger partial charge in [-0.05, 0) is 26.3 Å². The van der Waals surface area contributed by atoms with Gasteiger partial charge in [-0.3, -0.25) is 5.84 Å². The van der Waals surface area contributed by atoms with Crippen molar-refractivity contribution in [2.45, 2.75) is 39.7 Å². The molecule has 0 fully saturated rings. The number of hydrogen-bond acceptors (Lipinski definition) is 2. The number of halogens is 2. The predicted octanol–water partition coefficient (Wildman–Crippen LogP) is 4.64. The van der Waals surface area contributed by atoms with E-state index in [0.29, 0.717) is 5.56 Å². The molecule has 2 N–H and O–H groups in total. The molecule has 0 aliphatic rings. The summed E-state index contributed by atoms with van der Waals surface area (Å²) in [5, 5.41) is 1.09. The van der Waals surface area contributed by atoms with Gasteiger partial charge in [0.1, 0.15) is 6.04 Å². The molecule has 0 aliphatic heterocycles. The van der Waals surface area contributed by atoms with Crippen LogP contribution in [-0.4, -0.2) is 18.0 Å². The fourth-order valence-electron chi connectivity index (χ4n) is 2.25. The summed E-state index contributed by atoms with van der Waals surface area (Å²) in [6, 6.07) is 5.91. The quantitative estimate of drug-likeness (QED) is 0.471. The number of alkyl halides is 2. The minimum absolute atomic E-state index is 0.517. The van der Waals surface area contributed by atoms with Gasteiger partial charge >= 0.3 is 0 Å². The molecular weight excluding hydrogens is 282 g/mol. The Morgan fingerprint density at radius 2 is 1.82 bits per heavy atom. The molecule has 1 aromatic rings. The van der Waals surface area contributed by atoms with Crippen LogP contribution in [0, 0.1) is 12.8 Å². The van der Waals surface area contributed by atoms with E-state index in [1.807, 2.05) is 39.0 Å². The highest BCUT2D eigenvalue weighted by molar-refractivity contribution is 5.27. The van der Waals surface area contributed by atoms with Gasteiger partial charge in [0, 0.05) is 13.0 Å². The van der Waals surface area contributed by atoms with Crippen LogP contribution in [0.25, 0.3) is 0 Å². The fourth-order valence-corrected chi connectivity index (χ4v) is 2.25. The first kappa shape index (κ1) is 18.5. The molecule has 4 heteroatoms. The molecular formula is C18H26F2N2. The standard InChI is InChI=1S/C18H26F2N2/c1-6-13(2)7-10-15(4)18(19,20)17(22(5)21)16-11-8-14(3)9-12-16/h6-12,15,17H,21H2,1-5H3/b10-7-,13-6-. The van der Waals surface area contributed by atoms with Crippen LogP contribution in [-0.2, 0) is 0 Å². The van der Waals surface area contributed by atoms with E-state index in [1.165, 1.54) is 14.0 Å². The molecule has 2 atom stereocenters. The monoisotopic (exact) mass is 308 g/mol. The Morgan fingerprint density at radius 1 is 1.27 bits per heavy atom. The Hall–Kier alpha value is -1.52. The van der Waals surface area contributed by atoms with Crippen LogP contribution < -0.4 is 5.84 Å². The molecule has 0 saturated heterocycles. The Bertz CT molecular complexity index is 531. The summed E-state index contributed by atoms with van der Waals surface area (Å²) in [4.78, 5) is 0. The zero-order valence-corrected chi connectivity index (χ0v) is 14.0. The van der Waals surface area contributed by atoms with Crippen molar-refractivity contribution < 1.29 is 8.78 Å². The molecule has 2 unspecified atom stereocenters. The van der Waals surface area contributed by atoms with Crippen LogP contribution in [0.2, 0.25) is 0 Å². The maximum atomic E-state index is 14.9. The largest absolute Gasteiger partial charge is 0.274 e. The number of benzene rings is 1. The van der Waals surface area contributed by atoms with Crippen LogP contribution in [0.4, 0.5) is 8.78 Å². The Labute approximate surface area is 132 Å². The third kappa shape index (κ3) is 4.49. The van der Waals surface area contributed by atoms with Gasteiger partial charge in [0.25, 0.3) is 5.92 Å². The molecule has 0 saturated carbocycles. The SMILES string of the molecule is C/C=C(C)\C=C/C(C)C(F)(F)C(c1ccc(C)cc1)N(C)N. The van der Waals surface area contributed by atoms with E-state index >= 15 is 0 Å².